The van der Waals surface area contributed by atoms with E-state index in [4.69, 9.17) is 17.3 Å². The van der Waals surface area contributed by atoms with Gasteiger partial charge < -0.3 is 10.6 Å². The van der Waals surface area contributed by atoms with Gasteiger partial charge in [-0.3, -0.25) is 4.98 Å². The van der Waals surface area contributed by atoms with Crippen LogP contribution in [-0.4, -0.2) is 21.5 Å². The van der Waals surface area contributed by atoms with Crippen molar-refractivity contribution in [3.8, 4) is 0 Å². The number of rotatable bonds is 4. The van der Waals surface area contributed by atoms with E-state index in [1.165, 1.54) is 6.20 Å². The quantitative estimate of drug-likeness (QED) is 0.930. The SMILES string of the molecule is CCN(Cc1cccc(C)n1)c1nc(N)ncc1Cl. The van der Waals surface area contributed by atoms with Crippen molar-refractivity contribution in [1.29, 1.82) is 0 Å². The lowest BCUT2D eigenvalue weighted by atomic mass is 10.3. The van der Waals surface area contributed by atoms with E-state index >= 15 is 0 Å². The van der Waals surface area contributed by atoms with Crippen LogP contribution in [0.25, 0.3) is 0 Å². The van der Waals surface area contributed by atoms with Crippen molar-refractivity contribution in [1.82, 2.24) is 15.0 Å². The van der Waals surface area contributed by atoms with Gasteiger partial charge in [-0.15, -0.1) is 0 Å². The minimum absolute atomic E-state index is 0.218. The summed E-state index contributed by atoms with van der Waals surface area (Å²) in [6, 6.07) is 5.94. The van der Waals surface area contributed by atoms with Gasteiger partial charge in [-0.1, -0.05) is 17.7 Å². The van der Waals surface area contributed by atoms with E-state index in [-0.39, 0.29) is 5.95 Å². The topological polar surface area (TPSA) is 67.9 Å². The van der Waals surface area contributed by atoms with E-state index in [9.17, 15) is 0 Å². The maximum Gasteiger partial charge on any atom is 0.222 e. The van der Waals surface area contributed by atoms with Crippen molar-refractivity contribution >= 4 is 23.4 Å². The molecule has 0 bridgehead atoms. The molecule has 0 aromatic carbocycles. The second kappa shape index (κ2) is 5.84. The van der Waals surface area contributed by atoms with Crippen LogP contribution in [0.2, 0.25) is 5.02 Å². The zero-order chi connectivity index (χ0) is 13.8. The van der Waals surface area contributed by atoms with Gasteiger partial charge in [0, 0.05) is 12.2 Å². The molecule has 2 N–H and O–H groups in total. The Bertz CT molecular complexity index is 573. The number of hydrogen-bond donors (Lipinski definition) is 1. The summed E-state index contributed by atoms with van der Waals surface area (Å²) in [7, 11) is 0. The largest absolute Gasteiger partial charge is 0.368 e. The van der Waals surface area contributed by atoms with E-state index < -0.39 is 0 Å². The zero-order valence-electron chi connectivity index (χ0n) is 11.0. The molecular weight excluding hydrogens is 262 g/mol. The summed E-state index contributed by atoms with van der Waals surface area (Å²) < 4.78 is 0. The smallest absolute Gasteiger partial charge is 0.222 e. The Labute approximate surface area is 117 Å². The Balaban J connectivity index is 2.27. The highest BCUT2D eigenvalue weighted by atomic mass is 35.5. The predicted octanol–water partition coefficient (Wildman–Crippen LogP) is 2.44. The first-order valence-electron chi connectivity index (χ1n) is 6.05. The average molecular weight is 278 g/mol. The average Bonchev–Trinajstić information content (AvgIpc) is 2.39. The maximum atomic E-state index is 6.12. The molecule has 0 saturated heterocycles. The Morgan fingerprint density at radius 1 is 1.32 bits per heavy atom. The fourth-order valence-electron chi connectivity index (χ4n) is 1.81. The van der Waals surface area contributed by atoms with Crippen LogP contribution in [0.3, 0.4) is 0 Å². The lowest BCUT2D eigenvalue weighted by Gasteiger charge is -2.22. The van der Waals surface area contributed by atoms with Gasteiger partial charge in [0.05, 0.1) is 18.4 Å². The number of halogens is 1. The highest BCUT2D eigenvalue weighted by molar-refractivity contribution is 6.32. The molecule has 0 amide bonds. The molecule has 6 heteroatoms. The summed E-state index contributed by atoms with van der Waals surface area (Å²) in [6.07, 6.45) is 1.52. The summed E-state index contributed by atoms with van der Waals surface area (Å²) in [4.78, 5) is 14.6. The first kappa shape index (κ1) is 13.5. The monoisotopic (exact) mass is 277 g/mol. The molecule has 0 atom stereocenters. The first-order valence-corrected chi connectivity index (χ1v) is 6.43. The van der Waals surface area contributed by atoms with Crippen LogP contribution in [0.15, 0.2) is 24.4 Å². The number of aryl methyl sites for hydroxylation is 1. The lowest BCUT2D eigenvalue weighted by Crippen LogP contribution is -2.24. The molecule has 0 aliphatic heterocycles. The summed E-state index contributed by atoms with van der Waals surface area (Å²) in [5, 5.41) is 0.490. The van der Waals surface area contributed by atoms with Crippen molar-refractivity contribution in [3.63, 3.8) is 0 Å². The molecule has 0 radical (unpaired) electrons. The fourth-order valence-corrected chi connectivity index (χ4v) is 2.02. The van der Waals surface area contributed by atoms with Crippen LogP contribution in [-0.2, 0) is 6.54 Å². The van der Waals surface area contributed by atoms with Crippen LogP contribution in [0.5, 0.6) is 0 Å². The Morgan fingerprint density at radius 3 is 2.79 bits per heavy atom. The molecule has 0 aliphatic rings. The number of pyridine rings is 1. The molecular formula is C13H16ClN5. The standard InChI is InChI=1S/C13H16ClN5/c1-3-19(8-10-6-4-5-9(2)17-10)12-11(14)7-16-13(15)18-12/h4-7H,3,8H2,1-2H3,(H2,15,16,18). The molecule has 0 fully saturated rings. The number of hydrogen-bond acceptors (Lipinski definition) is 5. The van der Waals surface area contributed by atoms with E-state index in [1.807, 2.05) is 36.9 Å². The minimum Gasteiger partial charge on any atom is -0.368 e. The molecule has 2 rings (SSSR count). The molecule has 0 unspecified atom stereocenters. The maximum absolute atomic E-state index is 6.12. The second-order valence-electron chi connectivity index (χ2n) is 4.18. The van der Waals surface area contributed by atoms with Crippen molar-refractivity contribution in [2.75, 3.05) is 17.2 Å². The van der Waals surface area contributed by atoms with Gasteiger partial charge >= 0.3 is 0 Å². The van der Waals surface area contributed by atoms with Crippen LogP contribution in [0.1, 0.15) is 18.3 Å². The molecule has 2 aromatic heterocycles. The van der Waals surface area contributed by atoms with Crippen molar-refractivity contribution in [2.24, 2.45) is 0 Å². The van der Waals surface area contributed by atoms with Gasteiger partial charge in [-0.2, -0.15) is 4.98 Å². The van der Waals surface area contributed by atoms with Gasteiger partial charge in [0.2, 0.25) is 5.95 Å². The zero-order valence-corrected chi connectivity index (χ0v) is 11.7. The molecule has 0 aliphatic carbocycles. The molecule has 19 heavy (non-hydrogen) atoms. The van der Waals surface area contributed by atoms with Crippen molar-refractivity contribution in [3.05, 3.63) is 40.8 Å². The highest BCUT2D eigenvalue weighted by Crippen LogP contribution is 2.24. The second-order valence-corrected chi connectivity index (χ2v) is 4.59. The van der Waals surface area contributed by atoms with Crippen molar-refractivity contribution in [2.45, 2.75) is 20.4 Å². The van der Waals surface area contributed by atoms with E-state index in [0.717, 1.165) is 17.9 Å². The summed E-state index contributed by atoms with van der Waals surface area (Å²) in [6.45, 7) is 5.39. The third-order valence-electron chi connectivity index (χ3n) is 2.72. The predicted molar refractivity (Wildman–Crippen MR) is 77.2 cm³/mol. The van der Waals surface area contributed by atoms with Crippen LogP contribution >= 0.6 is 11.6 Å². The summed E-state index contributed by atoms with van der Waals surface area (Å²) in [5.41, 5.74) is 7.57. The third kappa shape index (κ3) is 3.32. The van der Waals surface area contributed by atoms with Crippen LogP contribution in [0.4, 0.5) is 11.8 Å². The Morgan fingerprint density at radius 2 is 2.11 bits per heavy atom. The van der Waals surface area contributed by atoms with Gasteiger partial charge in [-0.25, -0.2) is 4.98 Å². The molecule has 2 aromatic rings. The summed E-state index contributed by atoms with van der Waals surface area (Å²) >= 11 is 6.12. The van der Waals surface area contributed by atoms with Gasteiger partial charge in [0.1, 0.15) is 5.02 Å². The number of nitrogens with zero attached hydrogens (tertiary/aromatic N) is 4. The number of nitrogen functional groups attached to an aromatic ring is 1. The molecule has 5 nitrogen and oxygen atoms in total. The first-order chi connectivity index (χ1) is 9.10. The van der Waals surface area contributed by atoms with Gasteiger partial charge in [0.25, 0.3) is 0 Å². The van der Waals surface area contributed by atoms with Gasteiger partial charge in [0.15, 0.2) is 5.82 Å². The van der Waals surface area contributed by atoms with E-state index in [1.54, 1.807) is 0 Å². The van der Waals surface area contributed by atoms with Crippen LogP contribution < -0.4 is 10.6 Å². The molecule has 2 heterocycles. The van der Waals surface area contributed by atoms with Gasteiger partial charge in [-0.05, 0) is 26.0 Å². The molecule has 0 spiro atoms. The fraction of sp³-hybridized carbons (Fsp3) is 0.308. The molecule has 100 valence electrons. The molecule has 0 saturated carbocycles. The van der Waals surface area contributed by atoms with Crippen molar-refractivity contribution < 1.29 is 0 Å². The summed E-state index contributed by atoms with van der Waals surface area (Å²) in [5.74, 6) is 0.857. The van der Waals surface area contributed by atoms with E-state index in [2.05, 4.69) is 15.0 Å². The Hall–Kier alpha value is -1.88. The lowest BCUT2D eigenvalue weighted by molar-refractivity contribution is 0.789. The number of aromatic nitrogens is 3. The normalized spacial score (nSPS) is 10.5. The Kier molecular flexibility index (Phi) is 4.16. The number of nitrogens with two attached hydrogens (primary N) is 1. The number of anilines is 2. The highest BCUT2D eigenvalue weighted by Gasteiger charge is 2.12. The van der Waals surface area contributed by atoms with Crippen LogP contribution in [0, 0.1) is 6.92 Å². The third-order valence-corrected chi connectivity index (χ3v) is 2.99. The minimum atomic E-state index is 0.218. The van der Waals surface area contributed by atoms with E-state index in [0.29, 0.717) is 17.4 Å².